The molecule has 0 aliphatic rings. The van der Waals surface area contributed by atoms with Gasteiger partial charge in [0, 0.05) is 8.80 Å². The molecular formula is C8H21O2Si. The number of carbonyl (C=O) groups is 1. The number of hydrogen-bond donors (Lipinski definition) is 0. The fourth-order valence-corrected chi connectivity index (χ4v) is 0. The first kappa shape index (κ1) is 17.1. The van der Waals surface area contributed by atoms with E-state index >= 15 is 0 Å². The first-order valence-electron chi connectivity index (χ1n) is 3.56. The van der Waals surface area contributed by atoms with Crippen molar-refractivity contribution in [2.45, 2.75) is 45.8 Å². The molecule has 0 fully saturated rings. The van der Waals surface area contributed by atoms with Gasteiger partial charge in [0.1, 0.15) is 6.29 Å². The van der Waals surface area contributed by atoms with Crippen LogP contribution in [0.25, 0.3) is 0 Å². The van der Waals surface area contributed by atoms with Gasteiger partial charge in [-0.05, 0) is 12.0 Å². The lowest BCUT2D eigenvalue weighted by Gasteiger charge is -2.20. The van der Waals surface area contributed by atoms with E-state index in [4.69, 9.17) is 4.79 Å². The van der Waals surface area contributed by atoms with Crippen molar-refractivity contribution in [2.75, 3.05) is 0 Å². The predicted molar refractivity (Wildman–Crippen MR) is 52.5 cm³/mol. The van der Waals surface area contributed by atoms with Crippen LogP contribution in [0.15, 0.2) is 0 Å². The first-order chi connectivity index (χ1) is 4.36. The smallest absolute Gasteiger partial charge is 0.116 e. The van der Waals surface area contributed by atoms with Crippen molar-refractivity contribution in [3.63, 3.8) is 0 Å². The van der Waals surface area contributed by atoms with Crippen LogP contribution in [0.3, 0.4) is 0 Å². The Morgan fingerprint density at radius 3 is 1.27 bits per heavy atom. The van der Waals surface area contributed by atoms with E-state index in [-0.39, 0.29) is 14.3 Å². The zero-order chi connectivity index (χ0) is 8.78. The third kappa shape index (κ3) is 17.7. The molecule has 0 aromatic carbocycles. The van der Waals surface area contributed by atoms with Crippen LogP contribution < -0.4 is 0 Å². The molecule has 0 amide bonds. The number of rotatable bonds is 0. The van der Waals surface area contributed by atoms with E-state index in [9.17, 15) is 0 Å². The van der Waals surface area contributed by atoms with E-state index in [0.717, 1.165) is 6.29 Å². The molecule has 3 heteroatoms. The summed E-state index contributed by atoms with van der Waals surface area (Å²) in [6.45, 7) is 13.1. The second-order valence-electron chi connectivity index (χ2n) is 3.49. The average Bonchev–Trinajstić information content (AvgIpc) is 1.64. The van der Waals surface area contributed by atoms with Gasteiger partial charge in [-0.15, -0.1) is 0 Å². The average molecular weight is 177 g/mol. The molecule has 0 rings (SSSR count). The van der Waals surface area contributed by atoms with Gasteiger partial charge in [-0.25, -0.2) is 0 Å². The largest absolute Gasteiger partial charge is 0.412 e. The SMILES string of the molecule is CC=O.C[Si](C)C(C)(C)C.O. The molecule has 0 aliphatic heterocycles. The van der Waals surface area contributed by atoms with Crippen LogP contribution in [0.4, 0.5) is 0 Å². The number of carbonyl (C=O) groups excluding carboxylic acids is 1. The molecule has 11 heavy (non-hydrogen) atoms. The van der Waals surface area contributed by atoms with E-state index in [1.165, 1.54) is 6.92 Å². The van der Waals surface area contributed by atoms with E-state index in [1.807, 2.05) is 0 Å². The molecule has 69 valence electrons. The summed E-state index contributed by atoms with van der Waals surface area (Å²) in [6, 6.07) is 0. The molecule has 0 aromatic heterocycles. The Hall–Kier alpha value is -0.153. The minimum atomic E-state index is -0.0502. The summed E-state index contributed by atoms with van der Waals surface area (Å²) in [4.78, 5) is 8.81. The molecule has 0 unspecified atom stereocenters. The molecule has 0 saturated heterocycles. The van der Waals surface area contributed by atoms with Crippen molar-refractivity contribution in [3.05, 3.63) is 0 Å². The van der Waals surface area contributed by atoms with Crippen LogP contribution in [0.1, 0.15) is 27.7 Å². The summed E-state index contributed by atoms with van der Waals surface area (Å²) in [5.41, 5.74) is 0. The molecule has 2 N–H and O–H groups in total. The van der Waals surface area contributed by atoms with Crippen molar-refractivity contribution in [1.29, 1.82) is 0 Å². The van der Waals surface area contributed by atoms with Crippen LogP contribution in [0.2, 0.25) is 18.1 Å². The van der Waals surface area contributed by atoms with Gasteiger partial charge >= 0.3 is 0 Å². The van der Waals surface area contributed by atoms with Crippen molar-refractivity contribution in [2.24, 2.45) is 0 Å². The highest BCUT2D eigenvalue weighted by molar-refractivity contribution is 6.59. The Morgan fingerprint density at radius 1 is 1.18 bits per heavy atom. The van der Waals surface area contributed by atoms with Crippen molar-refractivity contribution >= 4 is 15.1 Å². The molecule has 0 aliphatic carbocycles. The molecule has 2 nitrogen and oxygen atoms in total. The van der Waals surface area contributed by atoms with Crippen LogP contribution >= 0.6 is 0 Å². The maximum atomic E-state index is 8.81. The molecule has 1 radical (unpaired) electrons. The highest BCUT2D eigenvalue weighted by Crippen LogP contribution is 2.25. The molecular weight excluding hydrogens is 156 g/mol. The molecule has 0 bridgehead atoms. The quantitative estimate of drug-likeness (QED) is 0.412. The van der Waals surface area contributed by atoms with Gasteiger partial charge < -0.3 is 10.3 Å². The van der Waals surface area contributed by atoms with Gasteiger partial charge in [-0.3, -0.25) is 0 Å². The molecule has 0 saturated carbocycles. The zero-order valence-corrected chi connectivity index (χ0v) is 9.49. The lowest BCUT2D eigenvalue weighted by molar-refractivity contribution is -0.106. The summed E-state index contributed by atoms with van der Waals surface area (Å²) < 4.78 is 0. The van der Waals surface area contributed by atoms with Crippen LogP contribution in [0.5, 0.6) is 0 Å². The Morgan fingerprint density at radius 2 is 1.27 bits per heavy atom. The second-order valence-corrected chi connectivity index (χ2v) is 6.99. The highest BCUT2D eigenvalue weighted by Gasteiger charge is 2.15. The Labute approximate surface area is 71.9 Å². The summed E-state index contributed by atoms with van der Waals surface area (Å²) in [6.07, 6.45) is 0.750. The Balaban J connectivity index is -0.000000140. The predicted octanol–water partition coefficient (Wildman–Crippen LogP) is 1.92. The first-order valence-corrected chi connectivity index (χ1v) is 6.06. The van der Waals surface area contributed by atoms with Gasteiger partial charge in [-0.2, -0.15) is 0 Å². The lowest BCUT2D eigenvalue weighted by Crippen LogP contribution is -2.16. The van der Waals surface area contributed by atoms with Crippen molar-refractivity contribution in [3.8, 4) is 0 Å². The minimum absolute atomic E-state index is 0. The maximum absolute atomic E-state index is 8.81. The standard InChI is InChI=1S/C6H15Si.C2H4O.H2O/c1-6(2,3)7(4)5;1-2-3;/h1-5H3;2H,1H3;1H2. The van der Waals surface area contributed by atoms with Gasteiger partial charge in [-0.1, -0.05) is 33.9 Å². The van der Waals surface area contributed by atoms with Crippen molar-refractivity contribution < 1.29 is 10.3 Å². The summed E-state index contributed by atoms with van der Waals surface area (Å²) in [5, 5.41) is 0.602. The van der Waals surface area contributed by atoms with Gasteiger partial charge in [0.25, 0.3) is 0 Å². The third-order valence-corrected chi connectivity index (χ3v) is 4.50. The minimum Gasteiger partial charge on any atom is -0.412 e. The molecule has 0 atom stereocenters. The van der Waals surface area contributed by atoms with Crippen LogP contribution in [0, 0.1) is 0 Å². The third-order valence-electron chi connectivity index (χ3n) is 1.50. The topological polar surface area (TPSA) is 48.6 Å². The molecule has 0 heterocycles. The van der Waals surface area contributed by atoms with Gasteiger partial charge in [0.2, 0.25) is 0 Å². The van der Waals surface area contributed by atoms with Gasteiger partial charge in [0.05, 0.1) is 0 Å². The fourth-order valence-electron chi connectivity index (χ4n) is 0. The Bertz CT molecular complexity index is 84.6. The zero-order valence-electron chi connectivity index (χ0n) is 8.49. The van der Waals surface area contributed by atoms with Crippen LogP contribution in [-0.4, -0.2) is 20.6 Å². The summed E-state index contributed by atoms with van der Waals surface area (Å²) in [7, 11) is -0.0502. The number of hydrogen-bond acceptors (Lipinski definition) is 1. The summed E-state index contributed by atoms with van der Waals surface area (Å²) >= 11 is 0. The summed E-state index contributed by atoms with van der Waals surface area (Å²) in [5.74, 6) is 0. The molecule has 0 spiro atoms. The lowest BCUT2D eigenvalue weighted by atomic mass is 10.2. The maximum Gasteiger partial charge on any atom is 0.116 e. The van der Waals surface area contributed by atoms with Gasteiger partial charge in [0.15, 0.2) is 0 Å². The number of aldehydes is 1. The normalized spacial score (nSPS) is 9.36. The molecule has 0 aromatic rings. The van der Waals surface area contributed by atoms with E-state index in [2.05, 4.69) is 33.9 Å². The van der Waals surface area contributed by atoms with E-state index in [0.29, 0.717) is 5.04 Å². The van der Waals surface area contributed by atoms with Crippen LogP contribution in [-0.2, 0) is 4.79 Å². The van der Waals surface area contributed by atoms with E-state index in [1.54, 1.807) is 0 Å². The van der Waals surface area contributed by atoms with E-state index < -0.39 is 0 Å². The monoisotopic (exact) mass is 177 g/mol. The van der Waals surface area contributed by atoms with Crippen molar-refractivity contribution in [1.82, 2.24) is 0 Å². The Kier molecular flexibility index (Phi) is 12.3. The fraction of sp³-hybridized carbons (Fsp3) is 0.875. The second kappa shape index (κ2) is 7.95. The highest BCUT2D eigenvalue weighted by atomic mass is 28.3.